The Kier molecular flexibility index (Phi) is 5.34. The van der Waals surface area contributed by atoms with Crippen molar-refractivity contribution in [3.8, 4) is 0 Å². The lowest BCUT2D eigenvalue weighted by molar-refractivity contribution is -0.0181. The number of para-hydroxylation sites is 1. The number of nitrogens with one attached hydrogen (secondary N) is 1. The number of phosphoric ester groups is 1. The summed E-state index contributed by atoms with van der Waals surface area (Å²) < 4.78 is 20.3. The second-order valence-corrected chi connectivity index (χ2v) is 5.97. The van der Waals surface area contributed by atoms with Crippen LogP contribution in [0.25, 0.3) is 0 Å². The maximum Gasteiger partial charge on any atom is 0.469 e. The van der Waals surface area contributed by atoms with Gasteiger partial charge in [0.1, 0.15) is 24.4 Å². The van der Waals surface area contributed by atoms with E-state index in [1.807, 2.05) is 30.3 Å². The number of ether oxygens (including phenoxy) is 1. The summed E-state index contributed by atoms with van der Waals surface area (Å²) >= 11 is 0. The van der Waals surface area contributed by atoms with Gasteiger partial charge in [0, 0.05) is 12.2 Å². The Morgan fingerprint density at radius 3 is 2.38 bits per heavy atom. The number of hydrogen-bond acceptors (Lipinski definition) is 6. The first-order chi connectivity index (χ1) is 9.87. The average molecular weight is 319 g/mol. The minimum absolute atomic E-state index is 0.245. The van der Waals surface area contributed by atoms with E-state index in [4.69, 9.17) is 14.5 Å². The molecule has 0 radical (unpaired) electrons. The third-order valence-electron chi connectivity index (χ3n) is 3.15. The van der Waals surface area contributed by atoms with Crippen LogP contribution in [0.1, 0.15) is 0 Å². The van der Waals surface area contributed by atoms with Crippen LogP contribution in [-0.2, 0) is 13.8 Å². The third-order valence-corrected chi connectivity index (χ3v) is 3.63. The minimum Gasteiger partial charge on any atom is -0.388 e. The van der Waals surface area contributed by atoms with Crippen LogP contribution in [0.15, 0.2) is 30.3 Å². The fraction of sp³-hybridized carbons (Fsp3) is 0.500. The van der Waals surface area contributed by atoms with E-state index in [0.29, 0.717) is 0 Å². The molecule has 0 amide bonds. The first-order valence-electron chi connectivity index (χ1n) is 6.37. The Bertz CT molecular complexity index is 494. The van der Waals surface area contributed by atoms with Gasteiger partial charge in [-0.2, -0.15) is 0 Å². The molecule has 9 heteroatoms. The summed E-state index contributed by atoms with van der Waals surface area (Å²) in [5.74, 6) is 0. The van der Waals surface area contributed by atoms with Crippen LogP contribution in [0.5, 0.6) is 0 Å². The number of benzene rings is 1. The zero-order valence-electron chi connectivity index (χ0n) is 11.1. The highest BCUT2D eigenvalue weighted by Gasteiger charge is 2.43. The number of anilines is 1. The maximum atomic E-state index is 10.6. The fourth-order valence-electron chi connectivity index (χ4n) is 2.08. The van der Waals surface area contributed by atoms with E-state index in [1.54, 1.807) is 0 Å². The molecule has 4 atom stereocenters. The molecular weight excluding hydrogens is 301 g/mol. The van der Waals surface area contributed by atoms with Crippen molar-refractivity contribution in [3.05, 3.63) is 30.3 Å². The van der Waals surface area contributed by atoms with Gasteiger partial charge in [-0.1, -0.05) is 18.2 Å². The van der Waals surface area contributed by atoms with Crippen molar-refractivity contribution in [1.29, 1.82) is 0 Å². The third kappa shape index (κ3) is 4.76. The first-order valence-corrected chi connectivity index (χ1v) is 7.90. The molecule has 8 nitrogen and oxygen atoms in total. The van der Waals surface area contributed by atoms with Crippen LogP contribution in [0.3, 0.4) is 0 Å². The Balaban J connectivity index is 1.86. The minimum atomic E-state index is -4.64. The molecule has 1 fully saturated rings. The number of phosphoric acid groups is 1. The summed E-state index contributed by atoms with van der Waals surface area (Å²) in [6.45, 7) is -0.251. The monoisotopic (exact) mass is 319 g/mol. The van der Waals surface area contributed by atoms with Crippen molar-refractivity contribution >= 4 is 13.5 Å². The van der Waals surface area contributed by atoms with Gasteiger partial charge in [-0.15, -0.1) is 0 Å². The molecule has 0 aliphatic carbocycles. The molecule has 1 aliphatic heterocycles. The van der Waals surface area contributed by atoms with Crippen molar-refractivity contribution in [1.82, 2.24) is 0 Å². The number of aliphatic hydroxyl groups is 2. The van der Waals surface area contributed by atoms with Crippen molar-refractivity contribution in [2.24, 2.45) is 0 Å². The Morgan fingerprint density at radius 1 is 1.14 bits per heavy atom. The number of aliphatic hydroxyl groups excluding tert-OH is 2. The average Bonchev–Trinajstić information content (AvgIpc) is 2.71. The Morgan fingerprint density at radius 2 is 1.76 bits per heavy atom. The smallest absolute Gasteiger partial charge is 0.388 e. The van der Waals surface area contributed by atoms with E-state index >= 15 is 0 Å². The van der Waals surface area contributed by atoms with Crippen molar-refractivity contribution in [2.75, 3.05) is 18.5 Å². The summed E-state index contributed by atoms with van der Waals surface area (Å²) in [6.07, 6.45) is -4.12. The van der Waals surface area contributed by atoms with E-state index in [0.717, 1.165) is 5.69 Å². The Hall–Kier alpha value is -0.990. The maximum absolute atomic E-state index is 10.6. The highest BCUT2D eigenvalue weighted by Crippen LogP contribution is 2.37. The molecule has 1 aromatic rings. The standard InChI is InChI=1S/C12H18NO7P/c14-11-9(6-13-8-4-2-1-3-5-8)20-10(12(11)15)7-19-21(16,17)18/h1-5,9-15H,6-7H2,(H2,16,17,18)/t9-,10-,11+,12-/m1/s1. The lowest BCUT2D eigenvalue weighted by Crippen LogP contribution is -2.36. The van der Waals surface area contributed by atoms with Crippen LogP contribution >= 0.6 is 7.82 Å². The van der Waals surface area contributed by atoms with Crippen LogP contribution in [-0.4, -0.2) is 57.6 Å². The van der Waals surface area contributed by atoms with E-state index in [2.05, 4.69) is 9.84 Å². The van der Waals surface area contributed by atoms with Gasteiger partial charge < -0.3 is 30.1 Å². The van der Waals surface area contributed by atoms with Gasteiger partial charge in [-0.25, -0.2) is 4.57 Å². The molecular formula is C12H18NO7P. The topological polar surface area (TPSA) is 128 Å². The van der Waals surface area contributed by atoms with Gasteiger partial charge in [-0.3, -0.25) is 4.52 Å². The molecule has 2 rings (SSSR count). The van der Waals surface area contributed by atoms with E-state index < -0.39 is 38.8 Å². The number of hydrogen-bond donors (Lipinski definition) is 5. The molecule has 1 aliphatic rings. The molecule has 1 saturated heterocycles. The Labute approximate surface area is 121 Å². The molecule has 0 spiro atoms. The molecule has 118 valence electrons. The zero-order valence-corrected chi connectivity index (χ0v) is 12.0. The van der Waals surface area contributed by atoms with E-state index in [1.165, 1.54) is 0 Å². The molecule has 21 heavy (non-hydrogen) atoms. The van der Waals surface area contributed by atoms with E-state index in [9.17, 15) is 14.8 Å². The fourth-order valence-corrected chi connectivity index (χ4v) is 2.42. The normalized spacial score (nSPS) is 29.5. The predicted octanol–water partition coefficient (Wildman–Crippen LogP) is -0.303. The molecule has 0 saturated carbocycles. The quantitative estimate of drug-likeness (QED) is 0.452. The van der Waals surface area contributed by atoms with Gasteiger partial charge in [0.25, 0.3) is 0 Å². The summed E-state index contributed by atoms with van der Waals surface area (Å²) in [7, 11) is -4.64. The molecule has 1 aromatic carbocycles. The molecule has 0 bridgehead atoms. The van der Waals surface area contributed by atoms with Gasteiger partial charge in [0.2, 0.25) is 0 Å². The van der Waals surface area contributed by atoms with Crippen LogP contribution in [0, 0.1) is 0 Å². The molecule has 0 unspecified atom stereocenters. The van der Waals surface area contributed by atoms with Gasteiger partial charge in [0.15, 0.2) is 0 Å². The zero-order chi connectivity index (χ0) is 15.5. The first kappa shape index (κ1) is 16.4. The summed E-state index contributed by atoms with van der Waals surface area (Å²) in [5, 5.41) is 22.7. The second kappa shape index (κ2) is 6.85. The molecule has 5 N–H and O–H groups in total. The summed E-state index contributed by atoms with van der Waals surface area (Å²) in [6, 6.07) is 9.24. The largest absolute Gasteiger partial charge is 0.469 e. The van der Waals surface area contributed by atoms with Crippen molar-refractivity contribution in [3.63, 3.8) is 0 Å². The SMILES string of the molecule is O=P(O)(O)OC[C@H]1O[C@H](CNc2ccccc2)[C@H](O)[C@@H]1O. The number of rotatable bonds is 6. The van der Waals surface area contributed by atoms with Gasteiger partial charge in [0.05, 0.1) is 6.61 Å². The van der Waals surface area contributed by atoms with Gasteiger partial charge >= 0.3 is 7.82 Å². The highest BCUT2D eigenvalue weighted by molar-refractivity contribution is 7.46. The van der Waals surface area contributed by atoms with Crippen LogP contribution in [0.2, 0.25) is 0 Å². The van der Waals surface area contributed by atoms with Crippen molar-refractivity contribution in [2.45, 2.75) is 24.4 Å². The molecule has 1 heterocycles. The van der Waals surface area contributed by atoms with E-state index in [-0.39, 0.29) is 6.54 Å². The van der Waals surface area contributed by atoms with Gasteiger partial charge in [-0.05, 0) is 12.1 Å². The molecule has 0 aromatic heterocycles. The van der Waals surface area contributed by atoms with Crippen LogP contribution < -0.4 is 5.32 Å². The summed E-state index contributed by atoms with van der Waals surface area (Å²) in [4.78, 5) is 17.2. The lowest BCUT2D eigenvalue weighted by Gasteiger charge is -2.16. The summed E-state index contributed by atoms with van der Waals surface area (Å²) in [5.41, 5.74) is 0.831. The van der Waals surface area contributed by atoms with Crippen molar-refractivity contribution < 1.29 is 33.8 Å². The second-order valence-electron chi connectivity index (χ2n) is 4.73. The lowest BCUT2D eigenvalue weighted by atomic mass is 10.1. The van der Waals surface area contributed by atoms with Crippen LogP contribution in [0.4, 0.5) is 5.69 Å². The highest BCUT2D eigenvalue weighted by atomic mass is 31.2. The predicted molar refractivity (Wildman–Crippen MR) is 73.6 cm³/mol.